The third kappa shape index (κ3) is 7.15. The van der Waals surface area contributed by atoms with Crippen LogP contribution in [0.25, 0.3) is 0 Å². The monoisotopic (exact) mass is 711 g/mol. The quantitative estimate of drug-likeness (QED) is 0.199. The first kappa shape index (κ1) is 31.5. The van der Waals surface area contributed by atoms with Gasteiger partial charge in [-0.05, 0) is 66.7 Å². The fourth-order valence-corrected chi connectivity index (χ4v) is 9.16. The molecule has 0 bridgehead atoms. The lowest BCUT2D eigenvalue weighted by molar-refractivity contribution is 0.262. The second-order valence-electron chi connectivity index (χ2n) is 8.14. The van der Waals surface area contributed by atoms with Crippen LogP contribution in [0.1, 0.15) is 0 Å². The molecule has 0 saturated carbocycles. The molecule has 0 aliphatic rings. The maximum absolute atomic E-state index is 13.9. The van der Waals surface area contributed by atoms with Gasteiger partial charge in [-0.25, -0.2) is 21.6 Å². The Kier molecular flexibility index (Phi) is 9.57. The standard InChI is InChI=1S/C25H15Cl6N3O5S2/c26-14-7-15(27)10-20(9-14)40(36,37)34(41(38,39)21-11-16(28)8-17(29)12-21)19-4-1-3-18(13-19)32-25(35)33-24-22(30)5-2-6-23(24)31/h1-13H,(H2,32,33,35). The summed E-state index contributed by atoms with van der Waals surface area (Å²) in [6.45, 7) is 0. The molecule has 0 radical (unpaired) electrons. The van der Waals surface area contributed by atoms with Gasteiger partial charge >= 0.3 is 6.03 Å². The number of sulfonamides is 2. The highest BCUT2D eigenvalue weighted by molar-refractivity contribution is 8.10. The Balaban J connectivity index is 1.82. The lowest BCUT2D eigenvalue weighted by Gasteiger charge is -2.25. The van der Waals surface area contributed by atoms with Crippen molar-refractivity contribution in [2.75, 3.05) is 14.3 Å². The largest absolute Gasteiger partial charge is 0.323 e. The van der Waals surface area contributed by atoms with Crippen LogP contribution in [0, 0.1) is 0 Å². The van der Waals surface area contributed by atoms with E-state index in [1.165, 1.54) is 42.5 Å². The van der Waals surface area contributed by atoms with Gasteiger partial charge in [-0.1, -0.05) is 81.7 Å². The van der Waals surface area contributed by atoms with Crippen LogP contribution in [-0.2, 0) is 20.0 Å². The first-order chi connectivity index (χ1) is 19.2. The summed E-state index contributed by atoms with van der Waals surface area (Å²) in [5, 5.41) is 5.12. The van der Waals surface area contributed by atoms with Crippen LogP contribution in [0.4, 0.5) is 21.9 Å². The van der Waals surface area contributed by atoms with E-state index in [9.17, 15) is 21.6 Å². The molecule has 16 heteroatoms. The Morgan fingerprint density at radius 2 is 1.02 bits per heavy atom. The lowest BCUT2D eigenvalue weighted by Crippen LogP contribution is -2.37. The van der Waals surface area contributed by atoms with Crippen LogP contribution in [-0.4, -0.2) is 22.9 Å². The molecular weight excluding hydrogens is 699 g/mol. The first-order valence-corrected chi connectivity index (χ1v) is 16.2. The van der Waals surface area contributed by atoms with E-state index in [-0.39, 0.29) is 50.9 Å². The summed E-state index contributed by atoms with van der Waals surface area (Å²) in [4.78, 5) is 11.7. The topological polar surface area (TPSA) is 113 Å². The molecular formula is C25H15Cl6N3O5S2. The normalized spacial score (nSPS) is 11.7. The van der Waals surface area contributed by atoms with E-state index in [1.54, 1.807) is 6.07 Å². The Morgan fingerprint density at radius 1 is 0.585 bits per heavy atom. The van der Waals surface area contributed by atoms with Crippen molar-refractivity contribution in [1.82, 2.24) is 0 Å². The average Bonchev–Trinajstić information content (AvgIpc) is 2.85. The summed E-state index contributed by atoms with van der Waals surface area (Å²) in [6, 6.07) is 15.6. The summed E-state index contributed by atoms with van der Waals surface area (Å²) in [7, 11) is -9.82. The zero-order valence-electron chi connectivity index (χ0n) is 20.1. The van der Waals surface area contributed by atoms with E-state index in [0.717, 1.165) is 30.3 Å². The Hall–Kier alpha value is -2.41. The third-order valence-electron chi connectivity index (χ3n) is 5.22. The first-order valence-electron chi connectivity index (χ1n) is 11.0. The van der Waals surface area contributed by atoms with Crippen LogP contribution < -0.4 is 14.3 Å². The average molecular weight is 714 g/mol. The van der Waals surface area contributed by atoms with Crippen molar-refractivity contribution < 1.29 is 21.6 Å². The maximum atomic E-state index is 13.9. The molecule has 0 aliphatic carbocycles. The van der Waals surface area contributed by atoms with Gasteiger partial charge in [-0.2, -0.15) is 3.71 Å². The van der Waals surface area contributed by atoms with Crippen molar-refractivity contribution in [3.63, 3.8) is 0 Å². The fraction of sp³-hybridized carbons (Fsp3) is 0. The zero-order chi connectivity index (χ0) is 30.1. The molecule has 0 heterocycles. The Bertz CT molecular complexity index is 1750. The highest BCUT2D eigenvalue weighted by atomic mass is 35.5. The molecule has 214 valence electrons. The Morgan fingerprint density at radius 3 is 1.49 bits per heavy atom. The second kappa shape index (κ2) is 12.4. The van der Waals surface area contributed by atoms with Gasteiger partial charge in [0.05, 0.1) is 31.2 Å². The van der Waals surface area contributed by atoms with Crippen molar-refractivity contribution in [2.24, 2.45) is 0 Å². The zero-order valence-corrected chi connectivity index (χ0v) is 26.2. The minimum absolute atomic E-state index is 0.0202. The highest BCUT2D eigenvalue weighted by Crippen LogP contribution is 2.36. The molecule has 0 aliphatic heterocycles. The van der Waals surface area contributed by atoms with Crippen molar-refractivity contribution in [2.45, 2.75) is 9.79 Å². The van der Waals surface area contributed by atoms with Crippen LogP contribution in [0.2, 0.25) is 30.1 Å². The summed E-state index contributed by atoms with van der Waals surface area (Å²) in [5.41, 5.74) is -0.218. The molecule has 4 rings (SSSR count). The number of carbonyl (C=O) groups excluding carboxylic acids is 1. The predicted molar refractivity (Wildman–Crippen MR) is 165 cm³/mol. The molecule has 41 heavy (non-hydrogen) atoms. The molecule has 4 aromatic rings. The number of para-hydroxylation sites is 1. The van der Waals surface area contributed by atoms with Crippen LogP contribution in [0.15, 0.2) is 88.7 Å². The minimum Gasteiger partial charge on any atom is -0.308 e. The Labute approximate surface area is 265 Å². The molecule has 0 unspecified atom stereocenters. The number of nitrogens with one attached hydrogen (secondary N) is 2. The van der Waals surface area contributed by atoms with Gasteiger partial charge in [0, 0.05) is 25.8 Å². The van der Waals surface area contributed by atoms with Crippen molar-refractivity contribution >= 4 is 113 Å². The van der Waals surface area contributed by atoms with Gasteiger partial charge in [0.25, 0.3) is 20.0 Å². The minimum atomic E-state index is -4.91. The van der Waals surface area contributed by atoms with Gasteiger partial charge in [0.2, 0.25) is 0 Å². The van der Waals surface area contributed by atoms with Gasteiger partial charge in [-0.15, -0.1) is 0 Å². The number of nitrogens with zero attached hydrogens (tertiary/aromatic N) is 1. The molecule has 0 atom stereocenters. The van der Waals surface area contributed by atoms with Gasteiger partial charge in [0.1, 0.15) is 0 Å². The molecule has 8 nitrogen and oxygen atoms in total. The molecule has 2 N–H and O–H groups in total. The van der Waals surface area contributed by atoms with Crippen LogP contribution in [0.3, 0.4) is 0 Å². The fourth-order valence-electron chi connectivity index (χ4n) is 3.54. The SMILES string of the molecule is O=C(Nc1cccc(N(S(=O)(=O)c2cc(Cl)cc(Cl)c2)S(=O)(=O)c2cc(Cl)cc(Cl)c2)c1)Nc1c(Cl)cccc1Cl. The van der Waals surface area contributed by atoms with Gasteiger partial charge < -0.3 is 10.6 Å². The van der Waals surface area contributed by atoms with Crippen LogP contribution >= 0.6 is 69.6 Å². The van der Waals surface area contributed by atoms with E-state index in [0.29, 0.717) is 0 Å². The van der Waals surface area contributed by atoms with E-state index >= 15 is 0 Å². The van der Waals surface area contributed by atoms with E-state index in [1.807, 2.05) is 0 Å². The predicted octanol–water partition coefficient (Wildman–Crippen LogP) is 8.84. The molecule has 0 spiro atoms. The summed E-state index contributed by atoms with van der Waals surface area (Å²) in [5.74, 6) is 0. The number of carbonyl (C=O) groups is 1. The van der Waals surface area contributed by atoms with Gasteiger partial charge in [-0.3, -0.25) is 0 Å². The lowest BCUT2D eigenvalue weighted by atomic mass is 10.3. The van der Waals surface area contributed by atoms with Crippen molar-refractivity contribution in [3.05, 3.63) is 109 Å². The molecule has 0 fully saturated rings. The maximum Gasteiger partial charge on any atom is 0.323 e. The van der Waals surface area contributed by atoms with E-state index < -0.39 is 35.9 Å². The number of amides is 2. The van der Waals surface area contributed by atoms with E-state index in [4.69, 9.17) is 69.6 Å². The number of halogens is 6. The summed E-state index contributed by atoms with van der Waals surface area (Å²) < 4.78 is 55.8. The number of rotatable bonds is 7. The molecule has 4 aromatic carbocycles. The molecule has 2 amide bonds. The molecule has 0 aromatic heterocycles. The number of hydrogen-bond acceptors (Lipinski definition) is 5. The highest BCUT2D eigenvalue weighted by Gasteiger charge is 2.38. The number of anilines is 3. The van der Waals surface area contributed by atoms with Crippen molar-refractivity contribution in [3.8, 4) is 0 Å². The molecule has 0 saturated heterocycles. The number of benzene rings is 4. The van der Waals surface area contributed by atoms with E-state index in [2.05, 4.69) is 10.6 Å². The second-order valence-corrected chi connectivity index (χ2v) is 14.5. The number of hydrogen-bond donors (Lipinski definition) is 2. The third-order valence-corrected chi connectivity index (χ3v) is 10.9. The number of urea groups is 1. The summed E-state index contributed by atoms with van der Waals surface area (Å²) >= 11 is 36.3. The summed E-state index contributed by atoms with van der Waals surface area (Å²) in [6.07, 6.45) is 0. The smallest absolute Gasteiger partial charge is 0.308 e. The van der Waals surface area contributed by atoms with Crippen LogP contribution in [0.5, 0.6) is 0 Å². The van der Waals surface area contributed by atoms with Crippen molar-refractivity contribution in [1.29, 1.82) is 0 Å². The van der Waals surface area contributed by atoms with Gasteiger partial charge in [0.15, 0.2) is 0 Å².